The highest BCUT2D eigenvalue weighted by Gasteiger charge is 2.39. The molecule has 1 saturated carbocycles. The van der Waals surface area contributed by atoms with Crippen LogP contribution in [0.25, 0.3) is 0 Å². The Hall–Kier alpha value is -1.06. The second-order valence-electron chi connectivity index (χ2n) is 5.46. The van der Waals surface area contributed by atoms with Gasteiger partial charge < -0.3 is 15.2 Å². The molecule has 1 heterocycles. The maximum atomic E-state index is 9.93. The minimum absolute atomic E-state index is 0.143. The average molecular weight is 247 g/mol. The summed E-state index contributed by atoms with van der Waals surface area (Å²) >= 11 is 0. The maximum absolute atomic E-state index is 9.93. The summed E-state index contributed by atoms with van der Waals surface area (Å²) in [6.45, 7) is 0.821. The van der Waals surface area contributed by atoms with E-state index in [0.29, 0.717) is 12.6 Å². The van der Waals surface area contributed by atoms with Crippen molar-refractivity contribution in [1.29, 1.82) is 0 Å². The predicted molar refractivity (Wildman–Crippen MR) is 70.7 cm³/mol. The summed E-state index contributed by atoms with van der Waals surface area (Å²) in [5.41, 5.74) is 0.815. The topological polar surface area (TPSA) is 41.5 Å². The Labute approximate surface area is 108 Å². The van der Waals surface area contributed by atoms with Crippen molar-refractivity contribution in [3.8, 4) is 5.75 Å². The highest BCUT2D eigenvalue weighted by Crippen LogP contribution is 2.38. The van der Waals surface area contributed by atoms with Crippen LogP contribution in [0, 0.1) is 0 Å². The number of benzene rings is 1. The molecular weight excluding hydrogens is 226 g/mol. The Morgan fingerprint density at radius 1 is 1.28 bits per heavy atom. The van der Waals surface area contributed by atoms with Gasteiger partial charge in [-0.25, -0.2) is 0 Å². The molecule has 1 aliphatic carbocycles. The number of para-hydroxylation sites is 1. The standard InChI is InChI=1S/C15H21NO2/c17-11-15(16-12-5-1-2-6-12)9-10-18-14-8-4-3-7-13(14)15/h3-4,7-8,12,16-17H,1-2,5-6,9-11H2. The Morgan fingerprint density at radius 2 is 2.06 bits per heavy atom. The first-order chi connectivity index (χ1) is 8.84. The molecule has 98 valence electrons. The molecule has 1 atom stereocenters. The van der Waals surface area contributed by atoms with E-state index in [1.54, 1.807) is 0 Å². The third-order valence-corrected chi connectivity index (χ3v) is 4.29. The van der Waals surface area contributed by atoms with E-state index in [4.69, 9.17) is 4.74 Å². The highest BCUT2D eigenvalue weighted by molar-refractivity contribution is 5.41. The van der Waals surface area contributed by atoms with Crippen molar-refractivity contribution in [1.82, 2.24) is 5.32 Å². The zero-order valence-corrected chi connectivity index (χ0v) is 10.7. The van der Waals surface area contributed by atoms with Crippen molar-refractivity contribution in [2.75, 3.05) is 13.2 Å². The van der Waals surface area contributed by atoms with Crippen molar-refractivity contribution < 1.29 is 9.84 Å². The molecule has 1 fully saturated rings. The monoisotopic (exact) mass is 247 g/mol. The molecule has 0 amide bonds. The minimum atomic E-state index is -0.302. The van der Waals surface area contributed by atoms with Crippen molar-refractivity contribution in [3.05, 3.63) is 29.8 Å². The van der Waals surface area contributed by atoms with Crippen LogP contribution in [0.3, 0.4) is 0 Å². The number of aliphatic hydroxyl groups is 1. The zero-order chi connectivity index (χ0) is 12.4. The van der Waals surface area contributed by atoms with E-state index in [9.17, 15) is 5.11 Å². The molecule has 18 heavy (non-hydrogen) atoms. The molecule has 0 aromatic heterocycles. The van der Waals surface area contributed by atoms with Gasteiger partial charge in [-0.15, -0.1) is 0 Å². The van der Waals surface area contributed by atoms with Gasteiger partial charge in [-0.2, -0.15) is 0 Å². The largest absolute Gasteiger partial charge is 0.493 e. The lowest BCUT2D eigenvalue weighted by atomic mass is 9.84. The van der Waals surface area contributed by atoms with Crippen molar-refractivity contribution in [2.24, 2.45) is 0 Å². The lowest BCUT2D eigenvalue weighted by molar-refractivity contribution is 0.0967. The van der Waals surface area contributed by atoms with Gasteiger partial charge in [0.25, 0.3) is 0 Å². The van der Waals surface area contributed by atoms with E-state index in [1.807, 2.05) is 18.2 Å². The summed E-state index contributed by atoms with van der Waals surface area (Å²) in [4.78, 5) is 0. The van der Waals surface area contributed by atoms with Crippen LogP contribution in [-0.4, -0.2) is 24.4 Å². The van der Waals surface area contributed by atoms with Gasteiger partial charge in [0.15, 0.2) is 0 Å². The number of hydrogen-bond donors (Lipinski definition) is 2. The van der Waals surface area contributed by atoms with Crippen LogP contribution in [0.5, 0.6) is 5.75 Å². The second kappa shape index (κ2) is 4.90. The third kappa shape index (κ3) is 2.02. The van der Waals surface area contributed by atoms with Gasteiger partial charge in [-0.1, -0.05) is 31.0 Å². The summed E-state index contributed by atoms with van der Waals surface area (Å²) in [5, 5.41) is 13.6. The number of fused-ring (bicyclic) bond motifs is 1. The first-order valence-electron chi connectivity index (χ1n) is 6.95. The van der Waals surface area contributed by atoms with E-state index in [1.165, 1.54) is 25.7 Å². The van der Waals surface area contributed by atoms with Crippen LogP contribution in [0.4, 0.5) is 0 Å². The van der Waals surface area contributed by atoms with Crippen molar-refractivity contribution in [2.45, 2.75) is 43.7 Å². The number of aliphatic hydroxyl groups excluding tert-OH is 1. The summed E-state index contributed by atoms with van der Waals surface area (Å²) in [7, 11) is 0. The van der Waals surface area contributed by atoms with Gasteiger partial charge in [-0.05, 0) is 18.9 Å². The summed E-state index contributed by atoms with van der Waals surface area (Å²) in [6.07, 6.45) is 5.90. The molecule has 2 N–H and O–H groups in total. The van der Waals surface area contributed by atoms with Crippen LogP contribution >= 0.6 is 0 Å². The Bertz CT molecular complexity index is 415. The molecule has 3 rings (SSSR count). The molecule has 3 nitrogen and oxygen atoms in total. The van der Waals surface area contributed by atoms with Crippen LogP contribution in [0.2, 0.25) is 0 Å². The van der Waals surface area contributed by atoms with Crippen LogP contribution in [-0.2, 0) is 5.54 Å². The first kappa shape index (κ1) is 12.0. The van der Waals surface area contributed by atoms with Crippen LogP contribution in [0.15, 0.2) is 24.3 Å². The quantitative estimate of drug-likeness (QED) is 0.860. The van der Waals surface area contributed by atoms with Crippen LogP contribution in [0.1, 0.15) is 37.7 Å². The molecule has 1 aliphatic heterocycles. The van der Waals surface area contributed by atoms with Gasteiger partial charge in [-0.3, -0.25) is 0 Å². The zero-order valence-electron chi connectivity index (χ0n) is 10.7. The van der Waals surface area contributed by atoms with Crippen LogP contribution < -0.4 is 10.1 Å². The SMILES string of the molecule is OCC1(NC2CCCC2)CCOc2ccccc21. The molecule has 0 bridgehead atoms. The van der Waals surface area contributed by atoms with Gasteiger partial charge in [0.1, 0.15) is 5.75 Å². The Balaban J connectivity index is 1.91. The molecule has 0 radical (unpaired) electrons. The smallest absolute Gasteiger partial charge is 0.124 e. The molecule has 0 spiro atoms. The molecule has 1 aromatic carbocycles. The fourth-order valence-corrected chi connectivity index (χ4v) is 3.28. The predicted octanol–water partition coefficient (Wildman–Crippen LogP) is 2.19. The van der Waals surface area contributed by atoms with Gasteiger partial charge in [0.05, 0.1) is 18.8 Å². The summed E-state index contributed by atoms with van der Waals surface area (Å²) < 4.78 is 5.69. The number of nitrogens with one attached hydrogen (secondary N) is 1. The molecule has 1 aromatic rings. The maximum Gasteiger partial charge on any atom is 0.124 e. The molecule has 0 saturated heterocycles. The van der Waals surface area contributed by atoms with E-state index in [0.717, 1.165) is 17.7 Å². The molecule has 3 heteroatoms. The first-order valence-corrected chi connectivity index (χ1v) is 6.95. The van der Waals surface area contributed by atoms with Crippen molar-refractivity contribution >= 4 is 0 Å². The van der Waals surface area contributed by atoms with E-state index >= 15 is 0 Å². The van der Waals surface area contributed by atoms with E-state index in [-0.39, 0.29) is 12.1 Å². The van der Waals surface area contributed by atoms with Crippen molar-refractivity contribution in [3.63, 3.8) is 0 Å². The fraction of sp³-hybridized carbons (Fsp3) is 0.600. The summed E-state index contributed by atoms with van der Waals surface area (Å²) in [5.74, 6) is 0.920. The lowest BCUT2D eigenvalue weighted by Crippen LogP contribution is -2.52. The van der Waals surface area contributed by atoms with E-state index < -0.39 is 0 Å². The second-order valence-corrected chi connectivity index (χ2v) is 5.46. The summed E-state index contributed by atoms with van der Waals surface area (Å²) in [6, 6.07) is 8.63. The third-order valence-electron chi connectivity index (χ3n) is 4.29. The van der Waals surface area contributed by atoms with Gasteiger partial charge in [0.2, 0.25) is 0 Å². The minimum Gasteiger partial charge on any atom is -0.493 e. The fourth-order valence-electron chi connectivity index (χ4n) is 3.28. The number of hydrogen-bond acceptors (Lipinski definition) is 3. The number of rotatable bonds is 3. The highest BCUT2D eigenvalue weighted by atomic mass is 16.5. The normalized spacial score (nSPS) is 27.8. The Morgan fingerprint density at radius 3 is 2.83 bits per heavy atom. The van der Waals surface area contributed by atoms with Gasteiger partial charge in [0, 0.05) is 18.0 Å². The molecular formula is C15H21NO2. The lowest BCUT2D eigenvalue weighted by Gasteiger charge is -2.40. The Kier molecular flexibility index (Phi) is 3.27. The molecule has 2 aliphatic rings. The number of ether oxygens (including phenoxy) is 1. The molecule has 1 unspecified atom stereocenters. The average Bonchev–Trinajstić information content (AvgIpc) is 2.92. The van der Waals surface area contributed by atoms with E-state index in [2.05, 4.69) is 11.4 Å². The van der Waals surface area contributed by atoms with Gasteiger partial charge >= 0.3 is 0 Å².